The Hall–Kier alpha value is -0.930. The van der Waals surface area contributed by atoms with Crippen molar-refractivity contribution >= 4 is 11.6 Å². The number of benzene rings is 1. The monoisotopic (exact) mass is 255 g/mol. The third-order valence-electron chi connectivity index (χ3n) is 3.73. The van der Waals surface area contributed by atoms with E-state index in [4.69, 9.17) is 26.8 Å². The van der Waals surface area contributed by atoms with Gasteiger partial charge < -0.3 is 15.2 Å². The van der Waals surface area contributed by atoms with Gasteiger partial charge in [0.1, 0.15) is 11.5 Å². The van der Waals surface area contributed by atoms with Crippen LogP contribution in [0.15, 0.2) is 12.1 Å². The highest BCUT2D eigenvalue weighted by Crippen LogP contribution is 2.49. The predicted molar refractivity (Wildman–Crippen MR) is 69.1 cm³/mol. The summed E-state index contributed by atoms with van der Waals surface area (Å²) in [6.07, 6.45) is 3.38. The van der Waals surface area contributed by atoms with Crippen LogP contribution in [0.3, 0.4) is 0 Å². The molecule has 0 unspecified atom stereocenters. The molecule has 3 nitrogen and oxygen atoms in total. The molecule has 1 saturated carbocycles. The smallest absolute Gasteiger partial charge is 0.141 e. The van der Waals surface area contributed by atoms with Crippen LogP contribution in [0, 0.1) is 0 Å². The van der Waals surface area contributed by atoms with E-state index in [9.17, 15) is 0 Å². The van der Waals surface area contributed by atoms with E-state index in [1.165, 1.54) is 6.42 Å². The normalized spacial score (nSPS) is 17.4. The van der Waals surface area contributed by atoms with Crippen LogP contribution < -0.4 is 15.2 Å². The van der Waals surface area contributed by atoms with Gasteiger partial charge in [0.25, 0.3) is 0 Å². The maximum atomic E-state index is 6.21. The number of methoxy groups -OCH3 is 2. The summed E-state index contributed by atoms with van der Waals surface area (Å²) in [5.41, 5.74) is 7.03. The molecule has 0 radical (unpaired) electrons. The first-order valence-electron chi connectivity index (χ1n) is 5.79. The molecule has 17 heavy (non-hydrogen) atoms. The van der Waals surface area contributed by atoms with E-state index in [1.807, 2.05) is 6.07 Å². The standard InChI is InChI=1S/C13H18ClNO2/c1-16-9-6-10(12(17-2)11(14)7-9)13(8-15)4-3-5-13/h6-7H,3-5,8,15H2,1-2H3. The Morgan fingerprint density at radius 3 is 2.41 bits per heavy atom. The summed E-state index contributed by atoms with van der Waals surface area (Å²) in [5, 5.41) is 0.585. The third kappa shape index (κ3) is 1.98. The van der Waals surface area contributed by atoms with Crippen molar-refractivity contribution < 1.29 is 9.47 Å². The highest BCUT2D eigenvalue weighted by molar-refractivity contribution is 6.32. The summed E-state index contributed by atoms with van der Waals surface area (Å²) in [4.78, 5) is 0. The van der Waals surface area contributed by atoms with Crippen LogP contribution in [0.25, 0.3) is 0 Å². The Labute approximate surface area is 107 Å². The largest absolute Gasteiger partial charge is 0.497 e. The summed E-state index contributed by atoms with van der Waals surface area (Å²) in [7, 11) is 3.28. The summed E-state index contributed by atoms with van der Waals surface area (Å²) < 4.78 is 10.7. The molecule has 1 aromatic rings. The van der Waals surface area contributed by atoms with E-state index in [0.717, 1.165) is 29.9 Å². The molecule has 1 fully saturated rings. The first-order chi connectivity index (χ1) is 8.16. The first-order valence-corrected chi connectivity index (χ1v) is 6.17. The van der Waals surface area contributed by atoms with Crippen molar-refractivity contribution in [3.8, 4) is 11.5 Å². The van der Waals surface area contributed by atoms with E-state index >= 15 is 0 Å². The average Bonchev–Trinajstić information content (AvgIpc) is 2.28. The quantitative estimate of drug-likeness (QED) is 0.900. The van der Waals surface area contributed by atoms with Crippen molar-refractivity contribution in [1.29, 1.82) is 0 Å². The molecule has 0 bridgehead atoms. The number of rotatable bonds is 4. The number of ether oxygens (including phenoxy) is 2. The SMILES string of the molecule is COc1cc(Cl)c(OC)c(C2(CN)CCC2)c1. The fraction of sp³-hybridized carbons (Fsp3) is 0.538. The number of hydrogen-bond donors (Lipinski definition) is 1. The van der Waals surface area contributed by atoms with E-state index in [1.54, 1.807) is 20.3 Å². The van der Waals surface area contributed by atoms with Crippen LogP contribution in [0.5, 0.6) is 11.5 Å². The highest BCUT2D eigenvalue weighted by atomic mass is 35.5. The molecule has 0 aliphatic heterocycles. The third-order valence-corrected chi connectivity index (χ3v) is 4.01. The second kappa shape index (κ2) is 4.75. The molecule has 0 saturated heterocycles. The van der Waals surface area contributed by atoms with Crippen LogP contribution >= 0.6 is 11.6 Å². The summed E-state index contributed by atoms with van der Waals surface area (Å²) in [6, 6.07) is 3.77. The molecule has 0 spiro atoms. The number of halogens is 1. The van der Waals surface area contributed by atoms with Gasteiger partial charge >= 0.3 is 0 Å². The molecule has 1 aliphatic rings. The minimum Gasteiger partial charge on any atom is -0.497 e. The first kappa shape index (κ1) is 12.5. The summed E-state index contributed by atoms with van der Waals surface area (Å²) >= 11 is 6.21. The lowest BCUT2D eigenvalue weighted by molar-refractivity contribution is 0.242. The van der Waals surface area contributed by atoms with Crippen molar-refractivity contribution in [2.75, 3.05) is 20.8 Å². The molecular formula is C13H18ClNO2. The molecule has 0 heterocycles. The lowest BCUT2D eigenvalue weighted by Gasteiger charge is -2.42. The van der Waals surface area contributed by atoms with Gasteiger partial charge in [0, 0.05) is 23.6 Å². The van der Waals surface area contributed by atoms with E-state index in [0.29, 0.717) is 11.6 Å². The van der Waals surface area contributed by atoms with Crippen LogP contribution in [0.2, 0.25) is 5.02 Å². The van der Waals surface area contributed by atoms with Gasteiger partial charge in [0.2, 0.25) is 0 Å². The van der Waals surface area contributed by atoms with Gasteiger partial charge in [-0.3, -0.25) is 0 Å². The number of nitrogens with two attached hydrogens (primary N) is 1. The van der Waals surface area contributed by atoms with Gasteiger partial charge in [-0.25, -0.2) is 0 Å². The van der Waals surface area contributed by atoms with Gasteiger partial charge in [0.05, 0.1) is 19.2 Å². The molecule has 2 rings (SSSR count). The van der Waals surface area contributed by atoms with Crippen LogP contribution in [-0.4, -0.2) is 20.8 Å². The van der Waals surface area contributed by atoms with Crippen molar-refractivity contribution in [3.63, 3.8) is 0 Å². The lowest BCUT2D eigenvalue weighted by Crippen LogP contribution is -2.41. The second-order valence-corrected chi connectivity index (χ2v) is 4.94. The molecule has 2 N–H and O–H groups in total. The van der Waals surface area contributed by atoms with Gasteiger partial charge in [-0.1, -0.05) is 18.0 Å². The van der Waals surface area contributed by atoms with Crippen LogP contribution in [-0.2, 0) is 5.41 Å². The Kier molecular flexibility index (Phi) is 3.50. The Morgan fingerprint density at radius 1 is 1.29 bits per heavy atom. The summed E-state index contributed by atoms with van der Waals surface area (Å²) in [5.74, 6) is 1.49. The maximum Gasteiger partial charge on any atom is 0.141 e. The van der Waals surface area contributed by atoms with Gasteiger partial charge in [-0.05, 0) is 18.9 Å². The Balaban J connectivity index is 2.53. The Bertz CT molecular complexity index is 411. The zero-order chi connectivity index (χ0) is 12.5. The van der Waals surface area contributed by atoms with Crippen LogP contribution in [0.4, 0.5) is 0 Å². The zero-order valence-electron chi connectivity index (χ0n) is 10.3. The molecule has 94 valence electrons. The minimum absolute atomic E-state index is 0.0174. The zero-order valence-corrected chi connectivity index (χ0v) is 11.0. The fourth-order valence-electron chi connectivity index (χ4n) is 2.47. The topological polar surface area (TPSA) is 44.5 Å². The fourth-order valence-corrected chi connectivity index (χ4v) is 2.76. The van der Waals surface area contributed by atoms with Crippen molar-refractivity contribution in [3.05, 3.63) is 22.7 Å². The lowest BCUT2D eigenvalue weighted by atomic mass is 9.64. The Morgan fingerprint density at radius 2 is 2.00 bits per heavy atom. The van der Waals surface area contributed by atoms with E-state index in [-0.39, 0.29) is 5.41 Å². The van der Waals surface area contributed by atoms with E-state index < -0.39 is 0 Å². The molecule has 1 aliphatic carbocycles. The molecule has 4 heteroatoms. The second-order valence-electron chi connectivity index (χ2n) is 4.53. The molecule has 0 atom stereocenters. The van der Waals surface area contributed by atoms with Gasteiger partial charge in [-0.2, -0.15) is 0 Å². The van der Waals surface area contributed by atoms with Crippen LogP contribution in [0.1, 0.15) is 24.8 Å². The minimum atomic E-state index is 0.0174. The average molecular weight is 256 g/mol. The van der Waals surface area contributed by atoms with Gasteiger partial charge in [-0.15, -0.1) is 0 Å². The maximum absolute atomic E-state index is 6.21. The molecule has 1 aromatic carbocycles. The number of hydrogen-bond acceptors (Lipinski definition) is 3. The summed E-state index contributed by atoms with van der Waals surface area (Å²) in [6.45, 7) is 0.618. The van der Waals surface area contributed by atoms with Gasteiger partial charge in [0.15, 0.2) is 0 Å². The van der Waals surface area contributed by atoms with E-state index in [2.05, 4.69) is 0 Å². The van der Waals surface area contributed by atoms with Crippen molar-refractivity contribution in [1.82, 2.24) is 0 Å². The van der Waals surface area contributed by atoms with Crippen molar-refractivity contribution in [2.45, 2.75) is 24.7 Å². The molecule has 0 aromatic heterocycles. The highest BCUT2D eigenvalue weighted by Gasteiger charge is 2.40. The predicted octanol–water partition coefficient (Wildman–Crippen LogP) is 2.74. The van der Waals surface area contributed by atoms with Crippen molar-refractivity contribution in [2.24, 2.45) is 5.73 Å². The molecular weight excluding hydrogens is 238 g/mol. The molecule has 0 amide bonds.